The van der Waals surface area contributed by atoms with Gasteiger partial charge in [-0.15, -0.1) is 0 Å². The number of nitrogen functional groups attached to an aromatic ring is 2. The second-order valence-corrected chi connectivity index (χ2v) is 6.54. The highest BCUT2D eigenvalue weighted by Crippen LogP contribution is 2.34. The van der Waals surface area contributed by atoms with Crippen LogP contribution in [0.4, 0.5) is 11.4 Å². The summed E-state index contributed by atoms with van der Waals surface area (Å²) in [7, 11) is 0. The minimum atomic E-state index is 0.415. The molecule has 4 N–H and O–H groups in total. The highest BCUT2D eigenvalue weighted by molar-refractivity contribution is 5.45. The Morgan fingerprint density at radius 2 is 1.26 bits per heavy atom. The van der Waals surface area contributed by atoms with Gasteiger partial charge in [-0.25, -0.2) is 0 Å². The number of unbranched alkanes of at least 4 members (excludes halogenated alkanes) is 1. The van der Waals surface area contributed by atoms with E-state index in [-0.39, 0.29) is 0 Å². The average molecular weight is 310 g/mol. The third kappa shape index (κ3) is 5.02. The molecule has 0 fully saturated rings. The molecule has 2 aromatic rings. The van der Waals surface area contributed by atoms with Gasteiger partial charge >= 0.3 is 0 Å². The first kappa shape index (κ1) is 17.4. The van der Waals surface area contributed by atoms with E-state index in [4.69, 9.17) is 11.5 Å². The second-order valence-electron chi connectivity index (χ2n) is 6.54. The van der Waals surface area contributed by atoms with Crippen LogP contribution in [0.2, 0.25) is 0 Å². The van der Waals surface area contributed by atoms with E-state index < -0.39 is 0 Å². The molecule has 0 aliphatic heterocycles. The minimum absolute atomic E-state index is 0.415. The van der Waals surface area contributed by atoms with Crippen LogP contribution in [-0.2, 0) is 0 Å². The van der Waals surface area contributed by atoms with Crippen molar-refractivity contribution in [3.05, 3.63) is 59.7 Å². The van der Waals surface area contributed by atoms with Crippen molar-refractivity contribution in [3.63, 3.8) is 0 Å². The third-order valence-electron chi connectivity index (χ3n) is 4.79. The molecule has 0 heterocycles. The van der Waals surface area contributed by atoms with Crippen LogP contribution in [0.1, 0.15) is 63.0 Å². The van der Waals surface area contributed by atoms with Crippen LogP contribution in [-0.4, -0.2) is 0 Å². The van der Waals surface area contributed by atoms with E-state index in [0.29, 0.717) is 5.92 Å². The summed E-state index contributed by atoms with van der Waals surface area (Å²) in [5.74, 6) is 1.17. The summed E-state index contributed by atoms with van der Waals surface area (Å²) in [5.41, 5.74) is 16.1. The Balaban J connectivity index is 2.26. The molecule has 2 heteroatoms. The SMILES string of the molecule is CCCCC(CC)CC(c1ccc(N)cc1)c1ccc(N)cc1. The monoisotopic (exact) mass is 310 g/mol. The lowest BCUT2D eigenvalue weighted by Crippen LogP contribution is -2.09. The van der Waals surface area contributed by atoms with Gasteiger partial charge < -0.3 is 11.5 Å². The Morgan fingerprint density at radius 3 is 1.65 bits per heavy atom. The maximum Gasteiger partial charge on any atom is 0.0314 e. The highest BCUT2D eigenvalue weighted by atomic mass is 14.5. The summed E-state index contributed by atoms with van der Waals surface area (Å²) in [6.45, 7) is 4.58. The molecule has 0 aliphatic rings. The molecule has 1 atom stereocenters. The topological polar surface area (TPSA) is 52.0 Å². The zero-order chi connectivity index (χ0) is 16.7. The van der Waals surface area contributed by atoms with Crippen LogP contribution in [0.25, 0.3) is 0 Å². The van der Waals surface area contributed by atoms with Crippen LogP contribution >= 0.6 is 0 Å². The third-order valence-corrected chi connectivity index (χ3v) is 4.79. The molecule has 23 heavy (non-hydrogen) atoms. The van der Waals surface area contributed by atoms with Crippen molar-refractivity contribution >= 4 is 11.4 Å². The van der Waals surface area contributed by atoms with Gasteiger partial charge in [0.05, 0.1) is 0 Å². The van der Waals surface area contributed by atoms with Gasteiger partial charge in [0.2, 0.25) is 0 Å². The summed E-state index contributed by atoms with van der Waals surface area (Å²) in [4.78, 5) is 0. The Bertz CT molecular complexity index is 526. The van der Waals surface area contributed by atoms with E-state index in [1.807, 2.05) is 24.3 Å². The van der Waals surface area contributed by atoms with Gasteiger partial charge in [0.15, 0.2) is 0 Å². The quantitative estimate of drug-likeness (QED) is 0.624. The first-order valence-electron chi connectivity index (χ1n) is 8.84. The molecule has 0 aliphatic carbocycles. The van der Waals surface area contributed by atoms with E-state index in [2.05, 4.69) is 38.1 Å². The summed E-state index contributed by atoms with van der Waals surface area (Å²) in [6, 6.07) is 16.7. The van der Waals surface area contributed by atoms with Gasteiger partial charge in [0.25, 0.3) is 0 Å². The van der Waals surface area contributed by atoms with Gasteiger partial charge in [0.1, 0.15) is 0 Å². The zero-order valence-corrected chi connectivity index (χ0v) is 14.5. The summed E-state index contributed by atoms with van der Waals surface area (Å²) in [6.07, 6.45) is 6.32. The lowest BCUT2D eigenvalue weighted by atomic mass is 9.81. The molecule has 2 nitrogen and oxygen atoms in total. The summed E-state index contributed by atoms with van der Waals surface area (Å²) < 4.78 is 0. The first-order chi connectivity index (χ1) is 11.1. The van der Waals surface area contributed by atoms with Crippen molar-refractivity contribution in [2.24, 2.45) is 5.92 Å². The molecule has 2 rings (SSSR count). The number of hydrogen-bond donors (Lipinski definition) is 2. The maximum atomic E-state index is 5.86. The minimum Gasteiger partial charge on any atom is -0.399 e. The van der Waals surface area contributed by atoms with Crippen molar-refractivity contribution in [1.29, 1.82) is 0 Å². The number of anilines is 2. The van der Waals surface area contributed by atoms with Gasteiger partial charge in [0, 0.05) is 17.3 Å². The molecule has 0 aromatic heterocycles. The van der Waals surface area contributed by atoms with Crippen molar-refractivity contribution in [3.8, 4) is 0 Å². The lowest BCUT2D eigenvalue weighted by Gasteiger charge is -2.24. The number of rotatable bonds is 8. The fraction of sp³-hybridized carbons (Fsp3) is 0.429. The van der Waals surface area contributed by atoms with E-state index in [1.165, 1.54) is 43.2 Å². The van der Waals surface area contributed by atoms with Crippen LogP contribution in [0.15, 0.2) is 48.5 Å². The smallest absolute Gasteiger partial charge is 0.0314 e. The van der Waals surface area contributed by atoms with Gasteiger partial charge in [-0.2, -0.15) is 0 Å². The van der Waals surface area contributed by atoms with Crippen LogP contribution in [0.3, 0.4) is 0 Å². The molecule has 1 unspecified atom stereocenters. The standard InChI is InChI=1S/C21H30N2/c1-3-5-6-16(4-2)15-21(17-7-11-19(22)12-8-17)18-9-13-20(23)14-10-18/h7-14,16,21H,3-6,15,22-23H2,1-2H3. The van der Waals surface area contributed by atoms with Gasteiger partial charge in [-0.05, 0) is 47.7 Å². The average Bonchev–Trinajstić information content (AvgIpc) is 2.57. The summed E-state index contributed by atoms with van der Waals surface area (Å²) in [5, 5.41) is 0. The molecule has 0 bridgehead atoms. The molecular weight excluding hydrogens is 280 g/mol. The number of benzene rings is 2. The van der Waals surface area contributed by atoms with Crippen LogP contribution in [0.5, 0.6) is 0 Å². The largest absolute Gasteiger partial charge is 0.399 e. The predicted molar refractivity (Wildman–Crippen MR) is 101 cm³/mol. The zero-order valence-electron chi connectivity index (χ0n) is 14.5. The van der Waals surface area contributed by atoms with Crippen molar-refractivity contribution in [2.45, 2.75) is 51.9 Å². The predicted octanol–water partition coefficient (Wildman–Crippen LogP) is 5.59. The molecule has 0 saturated carbocycles. The number of nitrogens with two attached hydrogens (primary N) is 2. The maximum absolute atomic E-state index is 5.86. The second kappa shape index (κ2) is 8.61. The van der Waals surface area contributed by atoms with E-state index >= 15 is 0 Å². The van der Waals surface area contributed by atoms with Crippen molar-refractivity contribution in [1.82, 2.24) is 0 Å². The van der Waals surface area contributed by atoms with Gasteiger partial charge in [-0.1, -0.05) is 63.8 Å². The van der Waals surface area contributed by atoms with E-state index in [1.54, 1.807) is 0 Å². The Morgan fingerprint density at radius 1 is 0.783 bits per heavy atom. The fourth-order valence-electron chi connectivity index (χ4n) is 3.24. The van der Waals surface area contributed by atoms with E-state index in [9.17, 15) is 0 Å². The number of hydrogen-bond acceptors (Lipinski definition) is 2. The fourth-order valence-corrected chi connectivity index (χ4v) is 3.24. The first-order valence-corrected chi connectivity index (χ1v) is 8.84. The molecule has 0 spiro atoms. The Labute approximate surface area is 140 Å². The molecule has 0 saturated heterocycles. The Kier molecular flexibility index (Phi) is 6.52. The molecule has 0 amide bonds. The van der Waals surface area contributed by atoms with E-state index in [0.717, 1.165) is 17.3 Å². The normalized spacial score (nSPS) is 12.5. The molecule has 124 valence electrons. The van der Waals surface area contributed by atoms with Crippen LogP contribution in [0, 0.1) is 5.92 Å². The van der Waals surface area contributed by atoms with Crippen molar-refractivity contribution < 1.29 is 0 Å². The van der Waals surface area contributed by atoms with Crippen molar-refractivity contribution in [2.75, 3.05) is 11.5 Å². The molecule has 0 radical (unpaired) electrons. The van der Waals surface area contributed by atoms with Crippen LogP contribution < -0.4 is 11.5 Å². The lowest BCUT2D eigenvalue weighted by molar-refractivity contribution is 0.402. The highest BCUT2D eigenvalue weighted by Gasteiger charge is 2.19. The summed E-state index contributed by atoms with van der Waals surface area (Å²) >= 11 is 0. The molecule has 2 aromatic carbocycles. The molecular formula is C21H30N2. The Hall–Kier alpha value is -1.96. The van der Waals surface area contributed by atoms with Gasteiger partial charge in [-0.3, -0.25) is 0 Å².